The molecular formula is C17H21N3O3. The normalized spacial score (nSPS) is 12.2. The third-order valence-electron chi connectivity index (χ3n) is 3.41. The van der Waals surface area contributed by atoms with Crippen molar-refractivity contribution >= 4 is 12.0 Å². The average Bonchev–Trinajstić information content (AvgIpc) is 2.97. The Hall–Kier alpha value is -2.76. The van der Waals surface area contributed by atoms with Gasteiger partial charge < -0.3 is 14.8 Å². The number of hydrogen-bond acceptors (Lipinski definition) is 4. The molecule has 0 aliphatic heterocycles. The molecule has 0 saturated heterocycles. The van der Waals surface area contributed by atoms with Crippen molar-refractivity contribution in [3.63, 3.8) is 0 Å². The van der Waals surface area contributed by atoms with Crippen LogP contribution in [0.5, 0.6) is 11.5 Å². The zero-order valence-corrected chi connectivity index (χ0v) is 13.7. The molecule has 1 aromatic carbocycles. The summed E-state index contributed by atoms with van der Waals surface area (Å²) in [7, 11) is 5.03. The number of aryl methyl sites for hydroxylation is 1. The smallest absolute Gasteiger partial charge is 0.244 e. The van der Waals surface area contributed by atoms with E-state index in [1.165, 1.54) is 6.08 Å². The molecule has 2 aromatic rings. The number of carbonyl (C=O) groups is 1. The van der Waals surface area contributed by atoms with Crippen LogP contribution in [-0.4, -0.2) is 29.9 Å². The van der Waals surface area contributed by atoms with Gasteiger partial charge in [-0.05, 0) is 31.2 Å². The predicted octanol–water partition coefficient (Wildman–Crippen LogP) is 2.33. The molecule has 1 amide bonds. The van der Waals surface area contributed by atoms with E-state index in [0.29, 0.717) is 11.5 Å². The summed E-state index contributed by atoms with van der Waals surface area (Å²) in [6, 6.07) is 5.28. The lowest BCUT2D eigenvalue weighted by atomic mass is 10.1. The van der Waals surface area contributed by atoms with Crippen LogP contribution in [-0.2, 0) is 11.8 Å². The van der Waals surface area contributed by atoms with Gasteiger partial charge in [0.1, 0.15) is 11.5 Å². The van der Waals surface area contributed by atoms with Crippen molar-refractivity contribution in [3.05, 3.63) is 47.8 Å². The fourth-order valence-electron chi connectivity index (χ4n) is 2.22. The van der Waals surface area contributed by atoms with Crippen molar-refractivity contribution in [1.82, 2.24) is 15.1 Å². The quantitative estimate of drug-likeness (QED) is 0.831. The summed E-state index contributed by atoms with van der Waals surface area (Å²) in [6.45, 7) is 1.90. The second-order valence-corrected chi connectivity index (χ2v) is 5.12. The van der Waals surface area contributed by atoms with Gasteiger partial charge in [-0.1, -0.05) is 0 Å². The first kappa shape index (κ1) is 16.6. The minimum Gasteiger partial charge on any atom is -0.497 e. The van der Waals surface area contributed by atoms with Crippen LogP contribution in [0.3, 0.4) is 0 Å². The number of carbonyl (C=O) groups excluding carboxylic acids is 1. The molecule has 1 aromatic heterocycles. The van der Waals surface area contributed by atoms with Crippen LogP contribution in [0.4, 0.5) is 0 Å². The minimum absolute atomic E-state index is 0.189. The maximum Gasteiger partial charge on any atom is 0.244 e. The van der Waals surface area contributed by atoms with Crippen molar-refractivity contribution in [2.75, 3.05) is 14.2 Å². The van der Waals surface area contributed by atoms with E-state index in [-0.39, 0.29) is 11.9 Å². The molecule has 1 atom stereocenters. The molecule has 1 unspecified atom stereocenters. The number of amides is 1. The van der Waals surface area contributed by atoms with Crippen molar-refractivity contribution in [2.24, 2.45) is 7.05 Å². The molecule has 0 radical (unpaired) electrons. The maximum absolute atomic E-state index is 12.1. The molecule has 0 aliphatic carbocycles. The summed E-state index contributed by atoms with van der Waals surface area (Å²) in [4.78, 5) is 12.1. The molecular weight excluding hydrogens is 294 g/mol. The van der Waals surface area contributed by atoms with Crippen LogP contribution in [0.1, 0.15) is 24.1 Å². The van der Waals surface area contributed by atoms with Gasteiger partial charge in [0.15, 0.2) is 0 Å². The number of rotatable bonds is 6. The molecule has 23 heavy (non-hydrogen) atoms. The number of benzene rings is 1. The van der Waals surface area contributed by atoms with Crippen molar-refractivity contribution in [2.45, 2.75) is 13.0 Å². The number of aromatic nitrogens is 2. The summed E-state index contributed by atoms with van der Waals surface area (Å²) in [5.74, 6) is 1.23. The van der Waals surface area contributed by atoms with Gasteiger partial charge in [-0.15, -0.1) is 0 Å². The molecule has 0 fully saturated rings. The van der Waals surface area contributed by atoms with Crippen LogP contribution >= 0.6 is 0 Å². The van der Waals surface area contributed by atoms with Crippen LogP contribution < -0.4 is 14.8 Å². The Labute approximate surface area is 135 Å². The lowest BCUT2D eigenvalue weighted by molar-refractivity contribution is -0.117. The Morgan fingerprint density at radius 3 is 2.74 bits per heavy atom. The van der Waals surface area contributed by atoms with Gasteiger partial charge in [0.2, 0.25) is 5.91 Å². The van der Waals surface area contributed by atoms with Crippen molar-refractivity contribution in [3.8, 4) is 11.5 Å². The lowest BCUT2D eigenvalue weighted by Gasteiger charge is -2.17. The fraction of sp³-hybridized carbons (Fsp3) is 0.294. The highest BCUT2D eigenvalue weighted by Crippen LogP contribution is 2.29. The van der Waals surface area contributed by atoms with Crippen LogP contribution in [0.15, 0.2) is 36.7 Å². The average molecular weight is 315 g/mol. The number of methoxy groups -OCH3 is 2. The largest absolute Gasteiger partial charge is 0.497 e. The standard InChI is InChI=1S/C17H21N3O3/c1-12(15-9-14(22-3)6-7-16(15)23-4)19-17(21)8-5-13-10-18-20(2)11-13/h5-12H,1-4H3,(H,19,21)/b8-5+. The third kappa shape index (κ3) is 4.35. The molecule has 6 nitrogen and oxygen atoms in total. The zero-order valence-electron chi connectivity index (χ0n) is 13.7. The monoisotopic (exact) mass is 315 g/mol. The Kier molecular flexibility index (Phi) is 5.41. The summed E-state index contributed by atoms with van der Waals surface area (Å²) < 4.78 is 12.3. The highest BCUT2D eigenvalue weighted by atomic mass is 16.5. The van der Waals surface area contributed by atoms with E-state index < -0.39 is 0 Å². The number of hydrogen-bond donors (Lipinski definition) is 1. The highest BCUT2D eigenvalue weighted by Gasteiger charge is 2.14. The molecule has 0 spiro atoms. The summed E-state index contributed by atoms with van der Waals surface area (Å²) >= 11 is 0. The highest BCUT2D eigenvalue weighted by molar-refractivity contribution is 5.91. The molecule has 0 saturated carbocycles. The second kappa shape index (κ2) is 7.49. The Morgan fingerprint density at radius 1 is 1.35 bits per heavy atom. The molecule has 0 aliphatic rings. The fourth-order valence-corrected chi connectivity index (χ4v) is 2.22. The van der Waals surface area contributed by atoms with Gasteiger partial charge in [0.05, 0.1) is 26.5 Å². The SMILES string of the molecule is COc1ccc(OC)c(C(C)NC(=O)/C=C/c2cnn(C)c2)c1. The molecule has 0 bridgehead atoms. The Balaban J connectivity index is 2.07. The van der Waals surface area contributed by atoms with Gasteiger partial charge in [0, 0.05) is 30.4 Å². The summed E-state index contributed by atoms with van der Waals surface area (Å²) in [5, 5.41) is 6.96. The Morgan fingerprint density at radius 2 is 2.13 bits per heavy atom. The summed E-state index contributed by atoms with van der Waals surface area (Å²) in [5.41, 5.74) is 1.73. The Bertz CT molecular complexity index is 707. The number of ether oxygens (including phenoxy) is 2. The van der Waals surface area contributed by atoms with Crippen LogP contribution in [0.2, 0.25) is 0 Å². The number of nitrogens with zero attached hydrogens (tertiary/aromatic N) is 2. The maximum atomic E-state index is 12.1. The van der Waals surface area contributed by atoms with Gasteiger partial charge in [0.25, 0.3) is 0 Å². The van der Waals surface area contributed by atoms with Gasteiger partial charge in [-0.3, -0.25) is 9.48 Å². The third-order valence-corrected chi connectivity index (χ3v) is 3.41. The van der Waals surface area contributed by atoms with E-state index in [2.05, 4.69) is 10.4 Å². The number of nitrogens with one attached hydrogen (secondary N) is 1. The van der Waals surface area contributed by atoms with E-state index in [4.69, 9.17) is 9.47 Å². The topological polar surface area (TPSA) is 65.4 Å². The van der Waals surface area contributed by atoms with E-state index in [1.54, 1.807) is 31.2 Å². The first-order valence-electron chi connectivity index (χ1n) is 7.22. The molecule has 122 valence electrons. The zero-order chi connectivity index (χ0) is 16.8. The first-order chi connectivity index (χ1) is 11.0. The van der Waals surface area contributed by atoms with Crippen LogP contribution in [0.25, 0.3) is 6.08 Å². The van der Waals surface area contributed by atoms with E-state index in [1.807, 2.05) is 38.4 Å². The van der Waals surface area contributed by atoms with Crippen molar-refractivity contribution in [1.29, 1.82) is 0 Å². The van der Waals surface area contributed by atoms with Gasteiger partial charge >= 0.3 is 0 Å². The lowest BCUT2D eigenvalue weighted by Crippen LogP contribution is -2.25. The molecule has 2 rings (SSSR count). The van der Waals surface area contributed by atoms with Crippen LogP contribution in [0, 0.1) is 0 Å². The minimum atomic E-state index is -0.217. The first-order valence-corrected chi connectivity index (χ1v) is 7.22. The van der Waals surface area contributed by atoms with E-state index in [9.17, 15) is 4.79 Å². The van der Waals surface area contributed by atoms with Crippen molar-refractivity contribution < 1.29 is 14.3 Å². The van der Waals surface area contributed by atoms with E-state index >= 15 is 0 Å². The summed E-state index contributed by atoms with van der Waals surface area (Å²) in [6.07, 6.45) is 6.73. The molecule has 6 heteroatoms. The van der Waals surface area contributed by atoms with E-state index in [0.717, 1.165) is 11.1 Å². The molecule has 1 heterocycles. The molecule has 1 N–H and O–H groups in total. The second-order valence-electron chi connectivity index (χ2n) is 5.12. The van der Waals surface area contributed by atoms with Gasteiger partial charge in [-0.25, -0.2) is 0 Å². The van der Waals surface area contributed by atoms with Gasteiger partial charge in [-0.2, -0.15) is 5.10 Å². The predicted molar refractivity (Wildman–Crippen MR) is 88.3 cm³/mol.